The van der Waals surface area contributed by atoms with Crippen LogP contribution in [0.4, 0.5) is 0 Å². The smallest absolute Gasteiger partial charge is 0.0452 e. The average Bonchev–Trinajstić information content (AvgIpc) is 2.05. The summed E-state index contributed by atoms with van der Waals surface area (Å²) in [6, 6.07) is 0. The predicted molar refractivity (Wildman–Crippen MR) is 45.5 cm³/mol. The Morgan fingerprint density at radius 3 is 3.00 bits per heavy atom. The Bertz CT molecular complexity index is 156. The third-order valence-corrected chi connectivity index (χ3v) is 1.98. The molecule has 1 unspecified atom stereocenters. The molecule has 0 saturated heterocycles. The lowest BCUT2D eigenvalue weighted by molar-refractivity contribution is 0.631. The maximum absolute atomic E-state index is 4.29. The maximum atomic E-state index is 4.29. The molecule has 1 heteroatoms. The third kappa shape index (κ3) is 1.69. The Balaban J connectivity index is 2.56. The van der Waals surface area contributed by atoms with Crippen LogP contribution in [0.25, 0.3) is 0 Å². The summed E-state index contributed by atoms with van der Waals surface area (Å²) in [6.45, 7) is 5.39. The second-order valence-electron chi connectivity index (χ2n) is 2.76. The van der Waals surface area contributed by atoms with Gasteiger partial charge in [0.05, 0.1) is 0 Å². The minimum absolute atomic E-state index is 0.708. The van der Waals surface area contributed by atoms with Crippen LogP contribution in [0.15, 0.2) is 16.6 Å². The first-order chi connectivity index (χ1) is 4.86. The van der Waals surface area contributed by atoms with Crippen molar-refractivity contribution in [1.82, 2.24) is 0 Å². The first-order valence-corrected chi connectivity index (χ1v) is 4.07. The predicted octanol–water partition coefficient (Wildman–Crippen LogP) is 2.43. The van der Waals surface area contributed by atoms with E-state index < -0.39 is 0 Å². The highest BCUT2D eigenvalue weighted by molar-refractivity contribution is 5.79. The number of aliphatic imine (C=N–C) groups is 1. The van der Waals surface area contributed by atoms with E-state index in [1.807, 2.05) is 6.21 Å². The van der Waals surface area contributed by atoms with Crippen molar-refractivity contribution in [2.45, 2.75) is 26.7 Å². The lowest BCUT2D eigenvalue weighted by Gasteiger charge is -2.12. The molecule has 0 saturated carbocycles. The average molecular weight is 137 g/mol. The number of nitrogens with zero attached hydrogens (tertiary/aromatic N) is 1. The molecule has 0 fully saturated rings. The van der Waals surface area contributed by atoms with Gasteiger partial charge in [0.2, 0.25) is 0 Å². The Morgan fingerprint density at radius 2 is 2.40 bits per heavy atom. The largest absolute Gasteiger partial charge is 0.292 e. The summed E-state index contributed by atoms with van der Waals surface area (Å²) >= 11 is 0. The van der Waals surface area contributed by atoms with Crippen LogP contribution < -0.4 is 0 Å². The van der Waals surface area contributed by atoms with Gasteiger partial charge in [-0.15, -0.1) is 0 Å². The van der Waals surface area contributed by atoms with Gasteiger partial charge in [0, 0.05) is 12.8 Å². The highest BCUT2D eigenvalue weighted by Gasteiger charge is 2.05. The molecule has 0 aromatic rings. The normalized spacial score (nSPS) is 24.6. The topological polar surface area (TPSA) is 12.4 Å². The summed E-state index contributed by atoms with van der Waals surface area (Å²) in [4.78, 5) is 4.29. The molecule has 0 aliphatic carbocycles. The summed E-state index contributed by atoms with van der Waals surface area (Å²) in [5, 5.41) is 0. The Morgan fingerprint density at radius 1 is 1.60 bits per heavy atom. The number of allylic oxidation sites excluding steroid dienone is 1. The van der Waals surface area contributed by atoms with E-state index in [0.717, 1.165) is 13.0 Å². The summed E-state index contributed by atoms with van der Waals surface area (Å²) in [5.41, 5.74) is 1.40. The molecule has 0 aromatic heterocycles. The minimum atomic E-state index is 0.708. The van der Waals surface area contributed by atoms with E-state index in [-0.39, 0.29) is 0 Å². The van der Waals surface area contributed by atoms with Crippen molar-refractivity contribution in [3.05, 3.63) is 11.6 Å². The number of hydrogen-bond acceptors (Lipinski definition) is 1. The molecule has 10 heavy (non-hydrogen) atoms. The van der Waals surface area contributed by atoms with Crippen LogP contribution in [0.1, 0.15) is 26.7 Å². The van der Waals surface area contributed by atoms with Gasteiger partial charge in [-0.05, 0) is 24.3 Å². The van der Waals surface area contributed by atoms with Gasteiger partial charge in [-0.25, -0.2) is 0 Å². The summed E-state index contributed by atoms with van der Waals surface area (Å²) < 4.78 is 0. The fourth-order valence-electron chi connectivity index (χ4n) is 1.16. The summed E-state index contributed by atoms with van der Waals surface area (Å²) in [5.74, 6) is 0.708. The molecule has 0 amide bonds. The van der Waals surface area contributed by atoms with E-state index in [0.29, 0.717) is 5.92 Å². The van der Waals surface area contributed by atoms with Crippen LogP contribution in [-0.2, 0) is 0 Å². The Hall–Kier alpha value is -0.590. The van der Waals surface area contributed by atoms with Gasteiger partial charge in [0.15, 0.2) is 0 Å². The van der Waals surface area contributed by atoms with Gasteiger partial charge < -0.3 is 0 Å². The molecule has 0 bridgehead atoms. The minimum Gasteiger partial charge on any atom is -0.292 e. The molecule has 1 rings (SSSR count). The summed E-state index contributed by atoms with van der Waals surface area (Å²) in [6.07, 6.45) is 6.71. The van der Waals surface area contributed by atoms with Crippen molar-refractivity contribution >= 4 is 6.21 Å². The number of hydrogen-bond donors (Lipinski definition) is 0. The van der Waals surface area contributed by atoms with Crippen molar-refractivity contribution in [1.29, 1.82) is 0 Å². The molecule has 1 nitrogen and oxygen atoms in total. The highest BCUT2D eigenvalue weighted by Crippen LogP contribution is 2.13. The highest BCUT2D eigenvalue weighted by atomic mass is 14.7. The van der Waals surface area contributed by atoms with E-state index in [4.69, 9.17) is 0 Å². The number of rotatable bonds is 2. The first-order valence-electron chi connectivity index (χ1n) is 4.07. The zero-order valence-corrected chi connectivity index (χ0v) is 6.80. The van der Waals surface area contributed by atoms with Crippen LogP contribution >= 0.6 is 0 Å². The molecule has 56 valence electrons. The van der Waals surface area contributed by atoms with Crippen molar-refractivity contribution in [3.63, 3.8) is 0 Å². The summed E-state index contributed by atoms with van der Waals surface area (Å²) in [7, 11) is 0. The van der Waals surface area contributed by atoms with Crippen LogP contribution in [0.3, 0.4) is 0 Å². The van der Waals surface area contributed by atoms with Gasteiger partial charge in [0.25, 0.3) is 0 Å². The monoisotopic (exact) mass is 137 g/mol. The SMILES string of the molecule is CCC1=CC(CC)CN=C1. The number of dihydropyridines is 1. The molecule has 1 aliphatic rings. The Labute approximate surface area is 62.9 Å². The quantitative estimate of drug-likeness (QED) is 0.554. The first kappa shape index (κ1) is 7.52. The molecule has 1 aliphatic heterocycles. The van der Waals surface area contributed by atoms with Crippen molar-refractivity contribution < 1.29 is 0 Å². The van der Waals surface area contributed by atoms with Crippen LogP contribution in [0.2, 0.25) is 0 Å². The van der Waals surface area contributed by atoms with Crippen LogP contribution in [0, 0.1) is 5.92 Å². The zero-order chi connectivity index (χ0) is 7.40. The Kier molecular flexibility index (Phi) is 2.67. The van der Waals surface area contributed by atoms with Crippen molar-refractivity contribution in [2.24, 2.45) is 10.9 Å². The molecule has 0 aromatic carbocycles. The van der Waals surface area contributed by atoms with Crippen molar-refractivity contribution in [2.75, 3.05) is 6.54 Å². The van der Waals surface area contributed by atoms with E-state index in [9.17, 15) is 0 Å². The molecule has 0 N–H and O–H groups in total. The standard InChI is InChI=1S/C9H15N/c1-3-8-5-9(4-2)7-10-6-8/h5-6,9H,3-4,7H2,1-2H3. The lowest BCUT2D eigenvalue weighted by atomic mass is 10.00. The lowest BCUT2D eigenvalue weighted by Crippen LogP contribution is -2.06. The molecular formula is C9H15N. The molecular weight excluding hydrogens is 122 g/mol. The fraction of sp³-hybridized carbons (Fsp3) is 0.667. The molecule has 0 radical (unpaired) electrons. The van der Waals surface area contributed by atoms with E-state index in [1.165, 1.54) is 12.0 Å². The third-order valence-electron chi connectivity index (χ3n) is 1.98. The van der Waals surface area contributed by atoms with E-state index in [2.05, 4.69) is 24.9 Å². The molecule has 1 atom stereocenters. The van der Waals surface area contributed by atoms with Gasteiger partial charge in [-0.3, -0.25) is 4.99 Å². The van der Waals surface area contributed by atoms with Gasteiger partial charge in [-0.2, -0.15) is 0 Å². The molecule has 0 spiro atoms. The van der Waals surface area contributed by atoms with Crippen molar-refractivity contribution in [3.8, 4) is 0 Å². The van der Waals surface area contributed by atoms with Gasteiger partial charge >= 0.3 is 0 Å². The zero-order valence-electron chi connectivity index (χ0n) is 6.80. The van der Waals surface area contributed by atoms with E-state index >= 15 is 0 Å². The fourth-order valence-corrected chi connectivity index (χ4v) is 1.16. The van der Waals surface area contributed by atoms with Gasteiger partial charge in [-0.1, -0.05) is 19.9 Å². The van der Waals surface area contributed by atoms with Crippen LogP contribution in [-0.4, -0.2) is 12.8 Å². The molecule has 1 heterocycles. The second-order valence-corrected chi connectivity index (χ2v) is 2.76. The van der Waals surface area contributed by atoms with Gasteiger partial charge in [0.1, 0.15) is 0 Å². The second kappa shape index (κ2) is 3.55. The van der Waals surface area contributed by atoms with Crippen LogP contribution in [0.5, 0.6) is 0 Å². The maximum Gasteiger partial charge on any atom is 0.0452 e. The van der Waals surface area contributed by atoms with E-state index in [1.54, 1.807) is 0 Å².